The number of alkyl halides is 3. The lowest BCUT2D eigenvalue weighted by molar-refractivity contribution is -0.141. The maximum atomic E-state index is 12.1. The van der Waals surface area contributed by atoms with E-state index in [9.17, 15) is 13.2 Å². The zero-order chi connectivity index (χ0) is 10.1. The highest BCUT2D eigenvalue weighted by molar-refractivity contribution is 6.28. The van der Waals surface area contributed by atoms with E-state index in [4.69, 9.17) is 11.6 Å². The molecule has 0 bridgehead atoms. The predicted octanol–water partition coefficient (Wildman–Crippen LogP) is 2.48. The molecule has 13 heavy (non-hydrogen) atoms. The zero-order valence-corrected chi connectivity index (χ0v) is 6.89. The Bertz CT molecular complexity index is 336. The van der Waals surface area contributed by atoms with Gasteiger partial charge in [-0.15, -0.1) is 0 Å². The molecule has 70 valence electrons. The number of halogens is 4. The molecule has 0 saturated heterocycles. The van der Waals surface area contributed by atoms with Crippen LogP contribution in [0.15, 0.2) is 11.1 Å². The predicted molar refractivity (Wildman–Crippen MR) is 41.3 cm³/mol. The van der Waals surface area contributed by atoms with E-state index in [0.717, 1.165) is 0 Å². The minimum Gasteiger partial charge on any atom is -0.245 e. The van der Waals surface area contributed by atoms with Gasteiger partial charge in [0.15, 0.2) is 11.5 Å². The molecule has 0 aromatic carbocycles. The highest BCUT2D eigenvalue weighted by Crippen LogP contribution is 2.29. The third-order valence-corrected chi connectivity index (χ3v) is 1.31. The lowest BCUT2D eigenvalue weighted by Crippen LogP contribution is -2.08. The van der Waals surface area contributed by atoms with Gasteiger partial charge in [-0.05, 0) is 18.3 Å². The molecule has 0 aliphatic carbocycles. The van der Waals surface area contributed by atoms with Crippen LogP contribution < -0.4 is 0 Å². The monoisotopic (exact) mass is 209 g/mol. The SMILES string of the molecule is C=Nc1cc(C(F)(F)F)nc(Cl)n1. The fourth-order valence-corrected chi connectivity index (χ4v) is 0.810. The lowest BCUT2D eigenvalue weighted by atomic mass is 10.4. The second kappa shape index (κ2) is 3.29. The van der Waals surface area contributed by atoms with Crippen molar-refractivity contribution in [2.24, 2.45) is 4.99 Å². The Morgan fingerprint density at radius 1 is 1.38 bits per heavy atom. The van der Waals surface area contributed by atoms with Gasteiger partial charge < -0.3 is 0 Å². The summed E-state index contributed by atoms with van der Waals surface area (Å²) in [5.41, 5.74) is -1.13. The molecule has 1 heterocycles. The molecular weight excluding hydrogens is 207 g/mol. The van der Waals surface area contributed by atoms with E-state index in [1.807, 2.05) is 0 Å². The van der Waals surface area contributed by atoms with E-state index in [-0.39, 0.29) is 5.82 Å². The summed E-state index contributed by atoms with van der Waals surface area (Å²) >= 11 is 5.22. The molecule has 0 aliphatic rings. The average molecular weight is 210 g/mol. The molecule has 0 amide bonds. The van der Waals surface area contributed by atoms with Gasteiger partial charge in [0.1, 0.15) is 0 Å². The maximum absolute atomic E-state index is 12.1. The molecule has 3 nitrogen and oxygen atoms in total. The minimum absolute atomic E-state index is 0.202. The minimum atomic E-state index is -4.55. The molecule has 1 rings (SSSR count). The summed E-state index contributed by atoms with van der Waals surface area (Å²) in [6.07, 6.45) is -4.55. The largest absolute Gasteiger partial charge is 0.433 e. The number of nitrogens with zero attached hydrogens (tertiary/aromatic N) is 3. The van der Waals surface area contributed by atoms with Gasteiger partial charge in [0.2, 0.25) is 5.28 Å². The Hall–Kier alpha value is -1.17. The zero-order valence-electron chi connectivity index (χ0n) is 6.14. The fourth-order valence-electron chi connectivity index (χ4n) is 0.632. The normalized spacial score (nSPS) is 11.4. The third kappa shape index (κ3) is 2.38. The smallest absolute Gasteiger partial charge is 0.245 e. The number of hydrogen-bond donors (Lipinski definition) is 0. The molecule has 1 aromatic heterocycles. The van der Waals surface area contributed by atoms with Crippen molar-refractivity contribution in [1.82, 2.24) is 9.97 Å². The summed E-state index contributed by atoms with van der Waals surface area (Å²) in [5, 5.41) is -0.503. The van der Waals surface area contributed by atoms with Crippen LogP contribution in [0.5, 0.6) is 0 Å². The molecule has 0 aliphatic heterocycles. The molecule has 0 radical (unpaired) electrons. The van der Waals surface area contributed by atoms with Crippen LogP contribution in [0.2, 0.25) is 5.28 Å². The number of hydrogen-bond acceptors (Lipinski definition) is 3. The van der Waals surface area contributed by atoms with Crippen molar-refractivity contribution in [3.05, 3.63) is 17.0 Å². The van der Waals surface area contributed by atoms with Crippen LogP contribution in [0, 0.1) is 0 Å². The van der Waals surface area contributed by atoms with Crippen LogP contribution in [-0.2, 0) is 6.18 Å². The van der Waals surface area contributed by atoms with E-state index < -0.39 is 17.2 Å². The Morgan fingerprint density at radius 2 is 2.00 bits per heavy atom. The molecule has 1 aromatic rings. The van der Waals surface area contributed by atoms with Crippen LogP contribution in [-0.4, -0.2) is 16.7 Å². The average Bonchev–Trinajstić information content (AvgIpc) is 2.01. The summed E-state index contributed by atoms with van der Waals surface area (Å²) in [7, 11) is 0. The Morgan fingerprint density at radius 3 is 2.46 bits per heavy atom. The molecule has 7 heteroatoms. The van der Waals surface area contributed by atoms with Gasteiger partial charge >= 0.3 is 6.18 Å². The lowest BCUT2D eigenvalue weighted by Gasteiger charge is -2.05. The van der Waals surface area contributed by atoms with Gasteiger partial charge in [0.25, 0.3) is 0 Å². The molecule has 0 unspecified atom stereocenters. The van der Waals surface area contributed by atoms with Crippen molar-refractivity contribution in [3.63, 3.8) is 0 Å². The summed E-state index contributed by atoms with van der Waals surface area (Å²) in [6.45, 7) is 3.03. The van der Waals surface area contributed by atoms with Crippen LogP contribution >= 0.6 is 11.6 Å². The van der Waals surface area contributed by atoms with Crippen molar-refractivity contribution in [2.45, 2.75) is 6.18 Å². The van der Waals surface area contributed by atoms with Crippen molar-refractivity contribution in [1.29, 1.82) is 0 Å². The van der Waals surface area contributed by atoms with E-state index in [1.54, 1.807) is 0 Å². The van der Waals surface area contributed by atoms with Gasteiger partial charge in [0.05, 0.1) is 0 Å². The van der Waals surface area contributed by atoms with Crippen LogP contribution in [0.4, 0.5) is 19.0 Å². The van der Waals surface area contributed by atoms with Crippen molar-refractivity contribution in [2.75, 3.05) is 0 Å². The second-order valence-corrected chi connectivity index (χ2v) is 2.37. The van der Waals surface area contributed by atoms with E-state index >= 15 is 0 Å². The topological polar surface area (TPSA) is 38.1 Å². The highest BCUT2D eigenvalue weighted by Gasteiger charge is 2.33. The number of aromatic nitrogens is 2. The standard InChI is InChI=1S/C6H3ClF3N3/c1-11-4-2-3(6(8,9)10)12-5(7)13-4/h2H,1H2. The van der Waals surface area contributed by atoms with Crippen LogP contribution in [0.1, 0.15) is 5.69 Å². The highest BCUT2D eigenvalue weighted by atomic mass is 35.5. The van der Waals surface area contributed by atoms with Gasteiger partial charge in [-0.25, -0.2) is 9.98 Å². The van der Waals surface area contributed by atoms with Crippen molar-refractivity contribution in [3.8, 4) is 0 Å². The Kier molecular flexibility index (Phi) is 2.51. The van der Waals surface area contributed by atoms with Crippen LogP contribution in [0.25, 0.3) is 0 Å². The summed E-state index contributed by atoms with van der Waals surface area (Å²) in [4.78, 5) is 9.61. The van der Waals surface area contributed by atoms with Crippen molar-refractivity contribution < 1.29 is 13.2 Å². The second-order valence-electron chi connectivity index (χ2n) is 2.04. The van der Waals surface area contributed by atoms with E-state index in [0.29, 0.717) is 6.07 Å². The summed E-state index contributed by atoms with van der Waals surface area (Å²) in [5.74, 6) is -0.202. The van der Waals surface area contributed by atoms with E-state index in [1.165, 1.54) is 0 Å². The third-order valence-electron chi connectivity index (χ3n) is 1.14. The Balaban J connectivity index is 3.24. The fraction of sp³-hybridized carbons (Fsp3) is 0.167. The first kappa shape index (κ1) is 9.91. The van der Waals surface area contributed by atoms with Gasteiger partial charge in [-0.3, -0.25) is 0 Å². The van der Waals surface area contributed by atoms with Crippen molar-refractivity contribution >= 4 is 24.1 Å². The first-order chi connectivity index (χ1) is 5.93. The van der Waals surface area contributed by atoms with Gasteiger partial charge in [-0.2, -0.15) is 18.2 Å². The number of aliphatic imine (C=N–C) groups is 1. The van der Waals surface area contributed by atoms with Gasteiger partial charge in [-0.1, -0.05) is 0 Å². The quantitative estimate of drug-likeness (QED) is 0.526. The summed E-state index contributed by atoms with van der Waals surface area (Å²) in [6, 6.07) is 0.666. The van der Waals surface area contributed by atoms with E-state index in [2.05, 4.69) is 21.7 Å². The molecule has 0 saturated carbocycles. The molecule has 0 fully saturated rings. The van der Waals surface area contributed by atoms with Crippen LogP contribution in [0.3, 0.4) is 0 Å². The molecular formula is C6H3ClF3N3. The maximum Gasteiger partial charge on any atom is 0.433 e. The first-order valence-electron chi connectivity index (χ1n) is 3.02. The molecule has 0 spiro atoms. The van der Waals surface area contributed by atoms with Gasteiger partial charge in [0, 0.05) is 6.07 Å². The molecule has 0 N–H and O–H groups in total. The Labute approximate surface area is 76.3 Å². The summed E-state index contributed by atoms with van der Waals surface area (Å²) < 4.78 is 36.2. The molecule has 0 atom stereocenters. The number of rotatable bonds is 1. The first-order valence-corrected chi connectivity index (χ1v) is 3.40.